The Morgan fingerprint density at radius 3 is 1.18 bits per heavy atom. The molecular weight excluding hydrogens is 918 g/mol. The number of hydrogen-bond acceptors (Lipinski definition) is 7. The molecule has 1 N–H and O–H groups in total. The molecule has 9 nitrogen and oxygen atoms in total. The average molecular weight is 1030 g/mol. The molecule has 0 spiro atoms. The molecule has 2 unspecified atom stereocenters. The Morgan fingerprint density at radius 1 is 0.444 bits per heavy atom. The molecule has 0 bridgehead atoms. The lowest BCUT2D eigenvalue weighted by atomic mass is 10.0. The number of rotatable bonds is 53. The fourth-order valence-electron chi connectivity index (χ4n) is 7.90. The first-order valence-corrected chi connectivity index (χ1v) is 30.8. The number of phosphoric acid groups is 1. The number of nitrogens with zero attached hydrogens (tertiary/aromatic N) is 1. The summed E-state index contributed by atoms with van der Waals surface area (Å²) in [6, 6.07) is 0. The number of quaternary nitrogens is 1. The fraction of sp³-hybridized carbons (Fsp3) is 0.742. The minimum absolute atomic E-state index is 0.0280. The molecule has 0 aromatic rings. The van der Waals surface area contributed by atoms with Crippen LogP contribution in [0.15, 0.2) is 85.1 Å². The second kappa shape index (κ2) is 53.0. The van der Waals surface area contributed by atoms with E-state index >= 15 is 0 Å². The van der Waals surface area contributed by atoms with Gasteiger partial charge in [0.2, 0.25) is 0 Å². The number of allylic oxidation sites excluding steroid dienone is 14. The normalized spacial score (nSPS) is 13.9. The maximum Gasteiger partial charge on any atom is 0.472 e. The van der Waals surface area contributed by atoms with Crippen LogP contribution in [0.3, 0.4) is 0 Å². The van der Waals surface area contributed by atoms with Gasteiger partial charge in [-0.2, -0.15) is 0 Å². The zero-order valence-electron chi connectivity index (χ0n) is 47.1. The van der Waals surface area contributed by atoms with E-state index in [1.54, 1.807) is 0 Å². The molecule has 0 saturated heterocycles. The van der Waals surface area contributed by atoms with Gasteiger partial charge in [-0.15, -0.1) is 0 Å². The molecule has 0 amide bonds. The van der Waals surface area contributed by atoms with Crippen molar-refractivity contribution < 1.29 is 42.1 Å². The van der Waals surface area contributed by atoms with E-state index in [2.05, 4.69) is 98.9 Å². The highest BCUT2D eigenvalue weighted by atomic mass is 31.2. The Labute approximate surface area is 443 Å². The first kappa shape index (κ1) is 69.2. The molecule has 0 rings (SSSR count). The summed E-state index contributed by atoms with van der Waals surface area (Å²) in [4.78, 5) is 35.7. The van der Waals surface area contributed by atoms with Crippen LogP contribution in [-0.2, 0) is 32.7 Å². The highest BCUT2D eigenvalue weighted by molar-refractivity contribution is 7.47. The van der Waals surface area contributed by atoms with Crippen molar-refractivity contribution in [2.45, 2.75) is 251 Å². The monoisotopic (exact) mass is 1030 g/mol. The van der Waals surface area contributed by atoms with Crippen molar-refractivity contribution in [3.63, 3.8) is 0 Å². The summed E-state index contributed by atoms with van der Waals surface area (Å²) in [6.07, 6.45) is 70.7. The molecule has 10 heteroatoms. The summed E-state index contributed by atoms with van der Waals surface area (Å²) < 4.78 is 34.6. The quantitative estimate of drug-likeness (QED) is 0.0211. The van der Waals surface area contributed by atoms with Crippen molar-refractivity contribution in [2.75, 3.05) is 47.5 Å². The summed E-state index contributed by atoms with van der Waals surface area (Å²) >= 11 is 0. The van der Waals surface area contributed by atoms with Crippen molar-refractivity contribution in [2.24, 2.45) is 0 Å². The summed E-state index contributed by atoms with van der Waals surface area (Å²) in [6.45, 7) is 4.30. The largest absolute Gasteiger partial charge is 0.472 e. The van der Waals surface area contributed by atoms with Gasteiger partial charge in [-0.05, 0) is 89.9 Å². The van der Waals surface area contributed by atoms with Gasteiger partial charge in [-0.1, -0.05) is 227 Å². The smallest absolute Gasteiger partial charge is 0.462 e. The Morgan fingerprint density at radius 2 is 0.792 bits per heavy atom. The number of unbranched alkanes of at least 4 members (excludes halogenated alkanes) is 25. The number of carbonyl (C=O) groups is 2. The zero-order chi connectivity index (χ0) is 52.7. The van der Waals surface area contributed by atoms with Gasteiger partial charge in [0.1, 0.15) is 19.8 Å². The molecule has 72 heavy (non-hydrogen) atoms. The molecule has 0 fully saturated rings. The lowest BCUT2D eigenvalue weighted by molar-refractivity contribution is -0.870. The van der Waals surface area contributed by atoms with Crippen molar-refractivity contribution in [3.8, 4) is 0 Å². The number of likely N-dealkylation sites (N-methyl/N-ethyl adjacent to an activating group) is 1. The topological polar surface area (TPSA) is 108 Å². The Balaban J connectivity index is 4.15. The Hall–Kier alpha value is -2.81. The van der Waals surface area contributed by atoms with E-state index < -0.39 is 26.5 Å². The van der Waals surface area contributed by atoms with Crippen molar-refractivity contribution >= 4 is 19.8 Å². The van der Waals surface area contributed by atoms with E-state index in [-0.39, 0.29) is 32.0 Å². The number of carbonyl (C=O) groups excluding carboxylic acids is 2. The third-order valence-corrected chi connectivity index (χ3v) is 13.4. The maximum absolute atomic E-state index is 12.8. The highest BCUT2D eigenvalue weighted by Crippen LogP contribution is 2.43. The Bertz CT molecular complexity index is 1490. The van der Waals surface area contributed by atoms with Crippen LogP contribution in [0, 0.1) is 0 Å². The molecule has 416 valence electrons. The lowest BCUT2D eigenvalue weighted by Gasteiger charge is -2.24. The molecule has 0 aliphatic carbocycles. The van der Waals surface area contributed by atoms with Gasteiger partial charge >= 0.3 is 19.8 Å². The molecule has 0 aromatic carbocycles. The van der Waals surface area contributed by atoms with Gasteiger partial charge < -0.3 is 18.9 Å². The summed E-state index contributed by atoms with van der Waals surface area (Å²) in [5.41, 5.74) is 0. The van der Waals surface area contributed by atoms with E-state index in [1.165, 1.54) is 135 Å². The first-order chi connectivity index (χ1) is 35.0. The molecule has 0 aliphatic rings. The average Bonchev–Trinajstić information content (AvgIpc) is 3.34. The van der Waals surface area contributed by atoms with Crippen LogP contribution in [0.1, 0.15) is 245 Å². The molecule has 0 heterocycles. The standard InChI is InChI=1S/C62H110NO8P/c1-6-8-10-12-14-16-18-20-22-24-26-27-28-29-30-31-32-33-34-35-37-39-41-43-45-47-49-51-53-55-62(65)71-60(59-70-72(66,67)69-57-56-63(3,4)5)58-68-61(64)54-52-50-48-46-44-42-40-38-36-25-23-21-19-17-15-13-11-9-7-2/h8,10,14-17,20-23,26-27,29-30,60H,6-7,9,11-13,18-19,24-25,28,31-59H2,1-5H3/p+1/b10-8-,16-14-,17-15-,22-20-,23-21-,27-26-,30-29-. The van der Waals surface area contributed by atoms with E-state index in [4.69, 9.17) is 18.5 Å². The SMILES string of the molecule is CC/C=C\C/C=C\C/C=C\C/C=C\C/C=C\CCCCCCCCCCCCCCCC(=O)OC(COC(=O)CCCCCCCCCCC/C=C\C/C=C\CCCCC)COP(=O)(O)OCC[N+](C)(C)C. The van der Waals surface area contributed by atoms with Gasteiger partial charge in [0, 0.05) is 12.8 Å². The molecular formula is C62H111NO8P+. The minimum atomic E-state index is -4.39. The minimum Gasteiger partial charge on any atom is -0.462 e. The molecule has 0 radical (unpaired) electrons. The van der Waals surface area contributed by atoms with E-state index in [0.29, 0.717) is 17.4 Å². The van der Waals surface area contributed by atoms with E-state index in [9.17, 15) is 19.0 Å². The second-order valence-electron chi connectivity index (χ2n) is 20.6. The fourth-order valence-corrected chi connectivity index (χ4v) is 8.64. The van der Waals surface area contributed by atoms with Crippen LogP contribution < -0.4 is 0 Å². The number of hydrogen-bond donors (Lipinski definition) is 1. The summed E-state index contributed by atoms with van der Waals surface area (Å²) in [5, 5.41) is 0. The highest BCUT2D eigenvalue weighted by Gasteiger charge is 2.27. The molecule has 0 saturated carbocycles. The van der Waals surface area contributed by atoms with Gasteiger partial charge in [0.15, 0.2) is 6.10 Å². The van der Waals surface area contributed by atoms with Gasteiger partial charge in [0.25, 0.3) is 0 Å². The van der Waals surface area contributed by atoms with E-state index in [0.717, 1.165) is 77.0 Å². The van der Waals surface area contributed by atoms with Crippen molar-refractivity contribution in [1.82, 2.24) is 0 Å². The van der Waals surface area contributed by atoms with Crippen LogP contribution in [0.4, 0.5) is 0 Å². The number of ether oxygens (including phenoxy) is 2. The van der Waals surface area contributed by atoms with Crippen LogP contribution in [0.25, 0.3) is 0 Å². The Kier molecular flexibility index (Phi) is 51.0. The van der Waals surface area contributed by atoms with Gasteiger partial charge in [-0.3, -0.25) is 18.6 Å². The molecule has 0 aliphatic heterocycles. The number of phosphoric ester groups is 1. The predicted molar refractivity (Wildman–Crippen MR) is 307 cm³/mol. The van der Waals surface area contributed by atoms with Crippen molar-refractivity contribution in [3.05, 3.63) is 85.1 Å². The maximum atomic E-state index is 12.8. The predicted octanol–water partition coefficient (Wildman–Crippen LogP) is 18.3. The van der Waals surface area contributed by atoms with Crippen LogP contribution in [-0.4, -0.2) is 74.9 Å². The lowest BCUT2D eigenvalue weighted by Crippen LogP contribution is -2.37. The second-order valence-corrected chi connectivity index (χ2v) is 22.1. The van der Waals surface area contributed by atoms with E-state index in [1.807, 2.05) is 21.1 Å². The van der Waals surface area contributed by atoms with Crippen LogP contribution in [0.5, 0.6) is 0 Å². The first-order valence-electron chi connectivity index (χ1n) is 29.3. The van der Waals surface area contributed by atoms with Crippen molar-refractivity contribution in [1.29, 1.82) is 0 Å². The summed E-state index contributed by atoms with van der Waals surface area (Å²) in [7, 11) is 1.47. The summed E-state index contributed by atoms with van der Waals surface area (Å²) in [5.74, 6) is -0.802. The third-order valence-electron chi connectivity index (χ3n) is 12.4. The zero-order valence-corrected chi connectivity index (χ0v) is 48.0. The van der Waals surface area contributed by atoms with Crippen LogP contribution in [0.2, 0.25) is 0 Å². The van der Waals surface area contributed by atoms with Gasteiger partial charge in [0.05, 0.1) is 27.7 Å². The van der Waals surface area contributed by atoms with Gasteiger partial charge in [-0.25, -0.2) is 4.57 Å². The van der Waals surface area contributed by atoms with Crippen LogP contribution >= 0.6 is 7.82 Å². The number of esters is 2. The third kappa shape index (κ3) is 56.5. The molecule has 2 atom stereocenters. The molecule has 0 aromatic heterocycles.